The van der Waals surface area contributed by atoms with Gasteiger partial charge in [0.15, 0.2) is 0 Å². The van der Waals surface area contributed by atoms with E-state index in [-0.39, 0.29) is 24.2 Å². The first-order valence-corrected chi connectivity index (χ1v) is 11.5. The number of anilines is 1. The summed E-state index contributed by atoms with van der Waals surface area (Å²) in [6, 6.07) is 19.7. The molecule has 7 heteroatoms. The van der Waals surface area contributed by atoms with Crippen molar-refractivity contribution in [2.24, 2.45) is 0 Å². The number of hydrogen-bond acceptors (Lipinski definition) is 5. The lowest BCUT2D eigenvalue weighted by molar-refractivity contribution is 0.0220. The van der Waals surface area contributed by atoms with Crippen molar-refractivity contribution in [1.82, 2.24) is 14.5 Å². The summed E-state index contributed by atoms with van der Waals surface area (Å²) in [5.74, 6) is 0.549. The van der Waals surface area contributed by atoms with Crippen molar-refractivity contribution in [3.8, 4) is 0 Å². The molecule has 0 atom stereocenters. The summed E-state index contributed by atoms with van der Waals surface area (Å²) in [6.07, 6.45) is 0.0479. The predicted octanol–water partition coefficient (Wildman–Crippen LogP) is 4.24. The number of aromatic nitrogens is 2. The third-order valence-corrected chi connectivity index (χ3v) is 5.79. The zero-order valence-electron chi connectivity index (χ0n) is 20.5. The van der Waals surface area contributed by atoms with E-state index in [0.717, 1.165) is 11.1 Å². The fourth-order valence-corrected chi connectivity index (χ4v) is 4.28. The monoisotopic (exact) mass is 460 g/mol. The fraction of sp³-hybridized carbons (Fsp3) is 0.370. The van der Waals surface area contributed by atoms with Crippen LogP contribution in [0.5, 0.6) is 0 Å². The van der Waals surface area contributed by atoms with Gasteiger partial charge >= 0.3 is 6.09 Å². The van der Waals surface area contributed by atoms with Gasteiger partial charge in [-0.15, -0.1) is 0 Å². The second kappa shape index (κ2) is 9.33. The summed E-state index contributed by atoms with van der Waals surface area (Å²) >= 11 is 0. The van der Waals surface area contributed by atoms with E-state index in [0.29, 0.717) is 30.2 Å². The highest BCUT2D eigenvalue weighted by Crippen LogP contribution is 2.30. The van der Waals surface area contributed by atoms with Gasteiger partial charge < -0.3 is 14.5 Å². The van der Waals surface area contributed by atoms with Crippen LogP contribution in [0.4, 0.5) is 10.7 Å². The molecule has 3 aromatic rings. The minimum Gasteiger partial charge on any atom is -0.444 e. The Morgan fingerprint density at radius 3 is 2.06 bits per heavy atom. The SMILES string of the molecule is CN(C)c1nc2c(c(=O)n1C(c1ccccc1)c1ccccc1)CCN(C(=O)OC(C)(C)C)C2. The molecular formula is C27H32N4O3. The number of nitrogens with zero attached hydrogens (tertiary/aromatic N) is 4. The lowest BCUT2D eigenvalue weighted by atomic mass is 9.97. The number of carbonyl (C=O) groups is 1. The number of carbonyl (C=O) groups excluding carboxylic acids is 1. The summed E-state index contributed by atoms with van der Waals surface area (Å²) in [5.41, 5.74) is 2.64. The number of ether oxygens (including phenoxy) is 1. The highest BCUT2D eigenvalue weighted by molar-refractivity contribution is 5.68. The van der Waals surface area contributed by atoms with Crippen molar-refractivity contribution in [2.45, 2.75) is 45.4 Å². The van der Waals surface area contributed by atoms with E-state index in [1.54, 1.807) is 9.47 Å². The number of fused-ring (bicyclic) bond motifs is 1. The van der Waals surface area contributed by atoms with Crippen LogP contribution in [-0.4, -0.2) is 46.8 Å². The molecule has 0 bridgehead atoms. The molecule has 1 amide bonds. The summed E-state index contributed by atoms with van der Waals surface area (Å²) < 4.78 is 7.33. The molecule has 2 heterocycles. The Kier molecular flexibility index (Phi) is 6.46. The van der Waals surface area contributed by atoms with Crippen LogP contribution in [0.1, 0.15) is 49.2 Å². The second-order valence-corrected chi connectivity index (χ2v) is 9.78. The van der Waals surface area contributed by atoms with Gasteiger partial charge in [0.25, 0.3) is 5.56 Å². The van der Waals surface area contributed by atoms with Gasteiger partial charge in [-0.2, -0.15) is 0 Å². The molecule has 178 valence electrons. The van der Waals surface area contributed by atoms with E-state index >= 15 is 0 Å². The van der Waals surface area contributed by atoms with Gasteiger partial charge in [-0.1, -0.05) is 60.7 Å². The molecule has 0 saturated carbocycles. The number of amides is 1. The first-order chi connectivity index (χ1) is 16.2. The van der Waals surface area contributed by atoms with E-state index in [9.17, 15) is 9.59 Å². The van der Waals surface area contributed by atoms with Crippen molar-refractivity contribution in [2.75, 3.05) is 25.5 Å². The second-order valence-electron chi connectivity index (χ2n) is 9.78. The van der Waals surface area contributed by atoms with Gasteiger partial charge in [0.2, 0.25) is 5.95 Å². The zero-order valence-corrected chi connectivity index (χ0v) is 20.5. The Labute approximate surface area is 200 Å². The minimum atomic E-state index is -0.582. The van der Waals surface area contributed by atoms with Gasteiger partial charge in [-0.05, 0) is 38.3 Å². The van der Waals surface area contributed by atoms with Crippen molar-refractivity contribution in [3.05, 3.63) is 93.4 Å². The van der Waals surface area contributed by atoms with Crippen LogP contribution in [0.25, 0.3) is 0 Å². The average Bonchev–Trinajstić information content (AvgIpc) is 2.80. The Morgan fingerprint density at radius 1 is 1.00 bits per heavy atom. The summed E-state index contributed by atoms with van der Waals surface area (Å²) in [7, 11) is 3.76. The van der Waals surface area contributed by atoms with Crippen LogP contribution in [0, 0.1) is 0 Å². The van der Waals surface area contributed by atoms with Crippen molar-refractivity contribution in [1.29, 1.82) is 0 Å². The van der Waals surface area contributed by atoms with E-state index in [1.165, 1.54) is 0 Å². The maximum Gasteiger partial charge on any atom is 0.410 e. The summed E-state index contributed by atoms with van der Waals surface area (Å²) in [5, 5.41) is 0. The third-order valence-electron chi connectivity index (χ3n) is 5.79. The normalized spacial score (nSPS) is 13.5. The van der Waals surface area contributed by atoms with Crippen molar-refractivity contribution < 1.29 is 9.53 Å². The van der Waals surface area contributed by atoms with Gasteiger partial charge in [0, 0.05) is 26.2 Å². The Hall–Kier alpha value is -3.61. The lowest BCUT2D eigenvalue weighted by Crippen LogP contribution is -2.44. The molecule has 0 radical (unpaired) electrons. The summed E-state index contributed by atoms with van der Waals surface area (Å²) in [6.45, 7) is 6.20. The van der Waals surface area contributed by atoms with Crippen molar-refractivity contribution >= 4 is 12.0 Å². The minimum absolute atomic E-state index is 0.0738. The average molecular weight is 461 g/mol. The Morgan fingerprint density at radius 2 is 1.56 bits per heavy atom. The maximum atomic E-state index is 14.0. The predicted molar refractivity (Wildman–Crippen MR) is 133 cm³/mol. The first kappa shape index (κ1) is 23.5. The molecule has 1 aliphatic rings. The Bertz CT molecular complexity index is 1170. The lowest BCUT2D eigenvalue weighted by Gasteiger charge is -2.33. The molecule has 2 aromatic carbocycles. The van der Waals surface area contributed by atoms with E-state index in [4.69, 9.17) is 9.72 Å². The largest absolute Gasteiger partial charge is 0.444 e. The van der Waals surface area contributed by atoms with Crippen LogP contribution in [0.15, 0.2) is 65.5 Å². The standard InChI is InChI=1S/C27H32N4O3/c1-27(2,3)34-26(33)30-17-16-21-22(18-30)28-25(29(4)5)31(24(21)32)23(19-12-8-6-9-13-19)20-14-10-7-11-15-20/h6-15,23H,16-18H2,1-5H3. The van der Waals surface area contributed by atoms with Crippen LogP contribution < -0.4 is 10.5 Å². The van der Waals surface area contributed by atoms with Gasteiger partial charge in [0.05, 0.1) is 18.3 Å². The molecule has 0 unspecified atom stereocenters. The third kappa shape index (κ3) is 4.83. The van der Waals surface area contributed by atoms with Gasteiger partial charge in [-0.25, -0.2) is 9.78 Å². The van der Waals surface area contributed by atoms with Gasteiger partial charge in [0.1, 0.15) is 5.60 Å². The van der Waals surface area contributed by atoms with Crippen LogP contribution in [0.3, 0.4) is 0 Å². The summed E-state index contributed by atoms with van der Waals surface area (Å²) in [4.78, 5) is 35.0. The molecule has 0 aliphatic carbocycles. The molecule has 0 spiro atoms. The van der Waals surface area contributed by atoms with E-state index in [2.05, 4.69) is 0 Å². The molecule has 0 fully saturated rings. The molecule has 1 aliphatic heterocycles. The Balaban J connectivity index is 1.83. The quantitative estimate of drug-likeness (QED) is 0.583. The molecule has 0 saturated heterocycles. The molecular weight excluding hydrogens is 428 g/mol. The van der Waals surface area contributed by atoms with Crippen LogP contribution in [-0.2, 0) is 17.7 Å². The highest BCUT2D eigenvalue weighted by Gasteiger charge is 2.31. The maximum absolute atomic E-state index is 14.0. The molecule has 4 rings (SSSR count). The van der Waals surface area contributed by atoms with E-state index in [1.807, 2.05) is 100 Å². The molecule has 7 nitrogen and oxygen atoms in total. The van der Waals surface area contributed by atoms with Gasteiger partial charge in [-0.3, -0.25) is 9.36 Å². The number of rotatable bonds is 4. The zero-order chi connectivity index (χ0) is 24.5. The molecule has 0 N–H and O–H groups in total. The topological polar surface area (TPSA) is 67.7 Å². The number of benzene rings is 2. The molecule has 34 heavy (non-hydrogen) atoms. The van der Waals surface area contributed by atoms with Crippen molar-refractivity contribution in [3.63, 3.8) is 0 Å². The van der Waals surface area contributed by atoms with Crippen LogP contribution in [0.2, 0.25) is 0 Å². The van der Waals surface area contributed by atoms with E-state index < -0.39 is 5.60 Å². The fourth-order valence-electron chi connectivity index (χ4n) is 4.28. The molecule has 1 aromatic heterocycles. The smallest absolute Gasteiger partial charge is 0.410 e. The highest BCUT2D eigenvalue weighted by atomic mass is 16.6. The first-order valence-electron chi connectivity index (χ1n) is 11.5. The van der Waals surface area contributed by atoms with Crippen LogP contribution >= 0.6 is 0 Å². The number of hydrogen-bond donors (Lipinski definition) is 0.